The number of hydrogen-bond acceptors (Lipinski definition) is 3. The molecule has 0 aliphatic heterocycles. The zero-order valence-corrected chi connectivity index (χ0v) is 19.6. The molecule has 1 N–H and O–H groups in total. The number of aryl methyl sites for hydroxylation is 2. The van der Waals surface area contributed by atoms with E-state index >= 15 is 0 Å². The summed E-state index contributed by atoms with van der Waals surface area (Å²) in [7, 11) is -3.45. The van der Waals surface area contributed by atoms with Gasteiger partial charge in [0.25, 0.3) is 0 Å². The molecule has 0 spiro atoms. The Labute approximate surface area is 191 Å². The molecule has 168 valence electrons. The molecule has 0 saturated carbocycles. The molecule has 3 rings (SSSR count). The Morgan fingerprint density at radius 2 is 1.47 bits per heavy atom. The molecule has 32 heavy (non-hydrogen) atoms. The first-order valence-corrected chi connectivity index (χ1v) is 12.5. The summed E-state index contributed by atoms with van der Waals surface area (Å²) in [5.41, 5.74) is 4.70. The van der Waals surface area contributed by atoms with Crippen molar-refractivity contribution < 1.29 is 13.2 Å². The minimum absolute atomic E-state index is 0.113. The Morgan fingerprint density at radius 3 is 2.09 bits per heavy atom. The third kappa shape index (κ3) is 6.20. The molecule has 5 nitrogen and oxygen atoms in total. The van der Waals surface area contributed by atoms with Crippen molar-refractivity contribution in [3.05, 3.63) is 101 Å². The normalized spacial score (nSPS) is 12.2. The molecule has 0 unspecified atom stereocenters. The van der Waals surface area contributed by atoms with Gasteiger partial charge >= 0.3 is 0 Å². The van der Waals surface area contributed by atoms with Crippen LogP contribution in [0.15, 0.2) is 78.9 Å². The number of benzene rings is 3. The number of carbonyl (C=O) groups is 1. The third-order valence-corrected chi connectivity index (χ3v) is 6.58. The standard InChI is InChI=1S/C26H30N2O3S/c1-20-15-17-23(18-16-20)26(22-11-5-4-6-12-22)27-25(29)14-9-19-28(32(3,30)31)24-13-8-7-10-21(24)2/h4-8,10-13,15-18,26H,9,14,19H2,1-3H3,(H,27,29)/t26-/m1/s1. The van der Waals surface area contributed by atoms with Gasteiger partial charge in [0.1, 0.15) is 0 Å². The number of sulfonamides is 1. The summed E-state index contributed by atoms with van der Waals surface area (Å²) in [6.07, 6.45) is 1.85. The van der Waals surface area contributed by atoms with Gasteiger partial charge in [0.15, 0.2) is 0 Å². The van der Waals surface area contributed by atoms with Crippen molar-refractivity contribution in [1.82, 2.24) is 5.32 Å². The lowest BCUT2D eigenvalue weighted by Crippen LogP contribution is -2.33. The van der Waals surface area contributed by atoms with Gasteiger partial charge in [-0.1, -0.05) is 78.4 Å². The number of nitrogens with one attached hydrogen (secondary N) is 1. The van der Waals surface area contributed by atoms with Gasteiger partial charge < -0.3 is 5.32 Å². The van der Waals surface area contributed by atoms with Crippen LogP contribution in [0.5, 0.6) is 0 Å². The second-order valence-electron chi connectivity index (χ2n) is 8.05. The summed E-state index contributed by atoms with van der Waals surface area (Å²) < 4.78 is 26.1. The fourth-order valence-electron chi connectivity index (χ4n) is 3.69. The fraction of sp³-hybridized carbons (Fsp3) is 0.269. The van der Waals surface area contributed by atoms with Crippen molar-refractivity contribution in [3.8, 4) is 0 Å². The van der Waals surface area contributed by atoms with Gasteiger partial charge in [-0.3, -0.25) is 9.10 Å². The van der Waals surface area contributed by atoms with Crippen molar-refractivity contribution >= 4 is 21.6 Å². The number of hydrogen-bond donors (Lipinski definition) is 1. The van der Waals surface area contributed by atoms with Crippen LogP contribution in [-0.4, -0.2) is 27.1 Å². The smallest absolute Gasteiger partial charge is 0.232 e. The van der Waals surface area contributed by atoms with Crippen molar-refractivity contribution in [1.29, 1.82) is 0 Å². The van der Waals surface area contributed by atoms with Crippen LogP contribution in [0.4, 0.5) is 5.69 Å². The van der Waals surface area contributed by atoms with Crippen molar-refractivity contribution in [3.63, 3.8) is 0 Å². The predicted octanol–water partition coefficient (Wildman–Crippen LogP) is 4.76. The van der Waals surface area contributed by atoms with Gasteiger partial charge in [0.05, 0.1) is 18.0 Å². The van der Waals surface area contributed by atoms with Crippen LogP contribution in [0, 0.1) is 13.8 Å². The summed E-state index contributed by atoms with van der Waals surface area (Å²) in [5.74, 6) is -0.113. The highest BCUT2D eigenvalue weighted by Gasteiger charge is 2.20. The van der Waals surface area contributed by atoms with E-state index in [4.69, 9.17) is 0 Å². The first-order chi connectivity index (χ1) is 15.3. The molecule has 0 radical (unpaired) electrons. The van der Waals surface area contributed by atoms with Gasteiger partial charge in [-0.05, 0) is 43.0 Å². The number of carbonyl (C=O) groups excluding carboxylic acids is 1. The van der Waals surface area contributed by atoms with E-state index in [0.29, 0.717) is 12.1 Å². The van der Waals surface area contributed by atoms with Crippen molar-refractivity contribution in [2.24, 2.45) is 0 Å². The molecule has 0 bridgehead atoms. The molecule has 6 heteroatoms. The number of para-hydroxylation sites is 1. The summed E-state index contributed by atoms with van der Waals surface area (Å²) >= 11 is 0. The molecule has 0 aliphatic rings. The Kier molecular flexibility index (Phi) is 7.70. The molecule has 0 aliphatic carbocycles. The highest BCUT2D eigenvalue weighted by atomic mass is 32.2. The van der Waals surface area contributed by atoms with E-state index in [1.54, 1.807) is 6.07 Å². The lowest BCUT2D eigenvalue weighted by molar-refractivity contribution is -0.121. The van der Waals surface area contributed by atoms with Crippen molar-refractivity contribution in [2.75, 3.05) is 17.1 Å². The van der Waals surface area contributed by atoms with Crippen LogP contribution in [0.2, 0.25) is 0 Å². The summed E-state index contributed by atoms with van der Waals surface area (Å²) in [5, 5.41) is 3.13. The average molecular weight is 451 g/mol. The van der Waals surface area contributed by atoms with Gasteiger partial charge in [-0.2, -0.15) is 0 Å². The van der Waals surface area contributed by atoms with Gasteiger partial charge in [-0.25, -0.2) is 8.42 Å². The number of rotatable bonds is 9. The summed E-state index contributed by atoms with van der Waals surface area (Å²) in [6.45, 7) is 4.16. The van der Waals surface area contributed by atoms with E-state index in [9.17, 15) is 13.2 Å². The molecule has 3 aromatic rings. The molecule has 0 saturated heterocycles. The maximum absolute atomic E-state index is 12.8. The Balaban J connectivity index is 1.70. The first kappa shape index (κ1) is 23.5. The van der Waals surface area contributed by atoms with E-state index in [-0.39, 0.29) is 24.9 Å². The fourth-order valence-corrected chi connectivity index (χ4v) is 4.71. The van der Waals surface area contributed by atoms with Crippen LogP contribution in [0.3, 0.4) is 0 Å². The summed E-state index contributed by atoms with van der Waals surface area (Å²) in [6, 6.07) is 25.1. The molecule has 0 aromatic heterocycles. The first-order valence-electron chi connectivity index (χ1n) is 10.7. The number of nitrogens with zero attached hydrogens (tertiary/aromatic N) is 1. The predicted molar refractivity (Wildman–Crippen MR) is 130 cm³/mol. The zero-order valence-electron chi connectivity index (χ0n) is 18.8. The second kappa shape index (κ2) is 10.5. The monoisotopic (exact) mass is 450 g/mol. The van der Waals surface area contributed by atoms with Crippen LogP contribution >= 0.6 is 0 Å². The Bertz CT molecular complexity index is 1140. The lowest BCUT2D eigenvalue weighted by Gasteiger charge is -2.24. The van der Waals surface area contributed by atoms with Crippen molar-refractivity contribution in [2.45, 2.75) is 32.7 Å². The molecule has 1 atom stereocenters. The largest absolute Gasteiger partial charge is 0.345 e. The molecule has 0 fully saturated rings. The van der Waals surface area contributed by atoms with E-state index in [1.165, 1.54) is 10.6 Å². The molecular weight excluding hydrogens is 420 g/mol. The van der Waals surface area contributed by atoms with Gasteiger partial charge in [-0.15, -0.1) is 0 Å². The minimum atomic E-state index is -3.45. The van der Waals surface area contributed by atoms with Gasteiger partial charge in [0.2, 0.25) is 15.9 Å². The highest BCUT2D eigenvalue weighted by Crippen LogP contribution is 2.24. The van der Waals surface area contributed by atoms with E-state index in [0.717, 1.165) is 22.3 Å². The zero-order chi connectivity index (χ0) is 23.1. The quantitative estimate of drug-likeness (QED) is 0.511. The van der Waals surface area contributed by atoms with Crippen LogP contribution < -0.4 is 9.62 Å². The lowest BCUT2D eigenvalue weighted by atomic mass is 9.97. The average Bonchev–Trinajstić information content (AvgIpc) is 2.76. The van der Waals surface area contributed by atoms with E-state index in [2.05, 4.69) is 5.32 Å². The topological polar surface area (TPSA) is 66.5 Å². The summed E-state index contributed by atoms with van der Waals surface area (Å²) in [4.78, 5) is 12.8. The Hall–Kier alpha value is -3.12. The number of anilines is 1. The SMILES string of the molecule is Cc1ccc([C@H](NC(=O)CCCN(c2ccccc2C)S(C)(=O)=O)c2ccccc2)cc1. The minimum Gasteiger partial charge on any atom is -0.345 e. The molecule has 3 aromatic carbocycles. The molecular formula is C26H30N2O3S. The van der Waals surface area contributed by atoms with E-state index in [1.807, 2.05) is 86.6 Å². The maximum atomic E-state index is 12.8. The van der Waals surface area contributed by atoms with E-state index < -0.39 is 10.0 Å². The maximum Gasteiger partial charge on any atom is 0.232 e. The second-order valence-corrected chi connectivity index (χ2v) is 9.95. The third-order valence-electron chi connectivity index (χ3n) is 5.40. The molecule has 0 heterocycles. The van der Waals surface area contributed by atoms with Crippen LogP contribution in [0.1, 0.15) is 41.1 Å². The molecule has 1 amide bonds. The van der Waals surface area contributed by atoms with Crippen LogP contribution in [-0.2, 0) is 14.8 Å². The number of amides is 1. The van der Waals surface area contributed by atoms with Crippen LogP contribution in [0.25, 0.3) is 0 Å². The Morgan fingerprint density at radius 1 is 0.875 bits per heavy atom. The van der Waals surface area contributed by atoms with Gasteiger partial charge in [0, 0.05) is 13.0 Å². The highest BCUT2D eigenvalue weighted by molar-refractivity contribution is 7.92.